The lowest BCUT2D eigenvalue weighted by Gasteiger charge is -2.08. The molecule has 3 aromatic heterocycles. The van der Waals surface area contributed by atoms with Gasteiger partial charge < -0.3 is 10.5 Å². The van der Waals surface area contributed by atoms with Crippen LogP contribution in [-0.4, -0.2) is 38.7 Å². The Hall–Kier alpha value is -2.70. The molecule has 31 heavy (non-hydrogen) atoms. The maximum Gasteiger partial charge on any atom is 0.422 e. The first-order chi connectivity index (χ1) is 14.3. The standard InChI is InChI=1S/C18H17F4N5O2S.ClH/c19-5-12(6-23)8-27-17(28)26(11-25-27)9-14-2-3-15(30-14)13-1-4-16(24-7-13)29-10-18(20,21)22;/h1-5,7,11H,6,8-10,23H2;1H/b12-5+;. The topological polar surface area (TPSA) is 88.0 Å². The summed E-state index contributed by atoms with van der Waals surface area (Å²) < 4.78 is 56.3. The summed E-state index contributed by atoms with van der Waals surface area (Å²) in [5.41, 5.74) is 5.95. The van der Waals surface area contributed by atoms with E-state index in [-0.39, 0.29) is 43.5 Å². The van der Waals surface area contributed by atoms with Crippen LogP contribution in [0.3, 0.4) is 0 Å². The number of ether oxygens (including phenoxy) is 1. The predicted molar refractivity (Wildman–Crippen MR) is 110 cm³/mol. The number of thiophene rings is 1. The van der Waals surface area contributed by atoms with Gasteiger partial charge in [-0.15, -0.1) is 23.7 Å². The van der Waals surface area contributed by atoms with Crippen molar-refractivity contribution in [2.45, 2.75) is 19.3 Å². The third kappa shape index (κ3) is 6.64. The van der Waals surface area contributed by atoms with Gasteiger partial charge in [-0.2, -0.15) is 18.3 Å². The van der Waals surface area contributed by atoms with E-state index in [1.807, 2.05) is 12.1 Å². The third-order valence-corrected chi connectivity index (χ3v) is 5.08. The molecule has 0 radical (unpaired) electrons. The molecular weight excluding hydrogens is 462 g/mol. The van der Waals surface area contributed by atoms with Crippen molar-refractivity contribution in [3.05, 3.63) is 64.1 Å². The molecule has 168 valence electrons. The van der Waals surface area contributed by atoms with Crippen LogP contribution in [0.1, 0.15) is 4.88 Å². The zero-order chi connectivity index (χ0) is 21.7. The van der Waals surface area contributed by atoms with Crippen molar-refractivity contribution in [1.29, 1.82) is 0 Å². The third-order valence-electron chi connectivity index (χ3n) is 3.96. The number of aromatic nitrogens is 4. The van der Waals surface area contributed by atoms with E-state index in [1.54, 1.807) is 6.07 Å². The number of halogens is 5. The minimum Gasteiger partial charge on any atom is -0.468 e. The van der Waals surface area contributed by atoms with E-state index in [0.29, 0.717) is 11.9 Å². The zero-order valence-corrected chi connectivity index (χ0v) is 17.5. The average molecular weight is 480 g/mol. The first-order valence-corrected chi connectivity index (χ1v) is 9.46. The van der Waals surface area contributed by atoms with Crippen molar-refractivity contribution in [2.75, 3.05) is 13.2 Å². The Bertz CT molecular complexity index is 1080. The van der Waals surface area contributed by atoms with Crippen molar-refractivity contribution in [3.63, 3.8) is 0 Å². The molecule has 0 unspecified atom stereocenters. The Balaban J connectivity index is 0.00000341. The fourth-order valence-electron chi connectivity index (χ4n) is 2.48. The molecule has 0 aromatic carbocycles. The van der Waals surface area contributed by atoms with Gasteiger partial charge in [-0.05, 0) is 23.8 Å². The smallest absolute Gasteiger partial charge is 0.422 e. The number of nitrogens with two attached hydrogens (primary N) is 1. The first-order valence-electron chi connectivity index (χ1n) is 8.64. The highest BCUT2D eigenvalue weighted by Crippen LogP contribution is 2.29. The predicted octanol–water partition coefficient (Wildman–Crippen LogP) is 3.39. The molecule has 3 aromatic rings. The molecule has 2 N–H and O–H groups in total. The van der Waals surface area contributed by atoms with Crippen molar-refractivity contribution in [1.82, 2.24) is 19.3 Å². The Morgan fingerprint density at radius 2 is 2.03 bits per heavy atom. The number of hydrogen-bond donors (Lipinski definition) is 1. The van der Waals surface area contributed by atoms with Gasteiger partial charge in [0, 0.05) is 34.1 Å². The van der Waals surface area contributed by atoms with Crippen LogP contribution in [0, 0.1) is 0 Å². The summed E-state index contributed by atoms with van der Waals surface area (Å²) in [6.07, 6.45) is -1.28. The van der Waals surface area contributed by atoms with Gasteiger partial charge in [0.15, 0.2) is 6.61 Å². The molecule has 0 saturated heterocycles. The van der Waals surface area contributed by atoms with E-state index in [2.05, 4.69) is 14.8 Å². The lowest BCUT2D eigenvalue weighted by molar-refractivity contribution is -0.154. The SMILES string of the molecule is Cl.NC/C(=C\F)Cn1ncn(Cc2ccc(-c3ccc(OCC(F)(F)F)nc3)s2)c1=O. The monoisotopic (exact) mass is 479 g/mol. The zero-order valence-electron chi connectivity index (χ0n) is 15.9. The summed E-state index contributed by atoms with van der Waals surface area (Å²) in [5, 5.41) is 3.96. The van der Waals surface area contributed by atoms with E-state index in [9.17, 15) is 22.4 Å². The van der Waals surface area contributed by atoms with Gasteiger partial charge in [0.2, 0.25) is 5.88 Å². The van der Waals surface area contributed by atoms with Crippen LogP contribution in [0.2, 0.25) is 0 Å². The molecule has 0 atom stereocenters. The summed E-state index contributed by atoms with van der Waals surface area (Å²) in [7, 11) is 0. The van der Waals surface area contributed by atoms with Gasteiger partial charge in [-0.3, -0.25) is 4.57 Å². The Labute approximate surface area is 184 Å². The van der Waals surface area contributed by atoms with Crippen molar-refractivity contribution < 1.29 is 22.3 Å². The van der Waals surface area contributed by atoms with Crippen LogP contribution in [0.25, 0.3) is 10.4 Å². The maximum atomic E-state index is 12.7. The second-order valence-corrected chi connectivity index (χ2v) is 7.39. The van der Waals surface area contributed by atoms with E-state index >= 15 is 0 Å². The molecule has 7 nitrogen and oxygen atoms in total. The molecule has 0 aliphatic heterocycles. The van der Waals surface area contributed by atoms with Crippen molar-refractivity contribution >= 4 is 23.7 Å². The largest absolute Gasteiger partial charge is 0.468 e. The second kappa shape index (κ2) is 10.6. The van der Waals surface area contributed by atoms with Crippen molar-refractivity contribution in [2.24, 2.45) is 5.73 Å². The van der Waals surface area contributed by atoms with Gasteiger partial charge >= 0.3 is 11.9 Å². The first kappa shape index (κ1) is 24.6. The minimum atomic E-state index is -4.43. The normalized spacial score (nSPS) is 12.0. The Morgan fingerprint density at radius 3 is 2.65 bits per heavy atom. The molecule has 0 fully saturated rings. The molecule has 0 amide bonds. The Morgan fingerprint density at radius 1 is 1.26 bits per heavy atom. The van der Waals surface area contributed by atoms with E-state index in [1.165, 1.54) is 34.5 Å². The van der Waals surface area contributed by atoms with Crippen LogP contribution in [0.4, 0.5) is 17.6 Å². The van der Waals surface area contributed by atoms with Crippen LogP contribution < -0.4 is 16.2 Å². The maximum absolute atomic E-state index is 12.7. The molecular formula is C18H18ClF4N5O2S. The second-order valence-electron chi connectivity index (χ2n) is 6.23. The molecule has 13 heteroatoms. The number of hydrogen-bond acceptors (Lipinski definition) is 6. The van der Waals surface area contributed by atoms with Crippen molar-refractivity contribution in [3.8, 4) is 16.3 Å². The highest BCUT2D eigenvalue weighted by molar-refractivity contribution is 7.15. The summed E-state index contributed by atoms with van der Waals surface area (Å²) in [4.78, 5) is 17.9. The van der Waals surface area contributed by atoms with E-state index in [0.717, 1.165) is 14.4 Å². The van der Waals surface area contributed by atoms with Gasteiger partial charge in [0.05, 0.1) is 19.4 Å². The lowest BCUT2D eigenvalue weighted by atomic mass is 10.2. The van der Waals surface area contributed by atoms with Gasteiger partial charge in [0.25, 0.3) is 0 Å². The van der Waals surface area contributed by atoms with Crippen LogP contribution in [-0.2, 0) is 13.1 Å². The number of rotatable bonds is 8. The van der Waals surface area contributed by atoms with Gasteiger partial charge in [-0.1, -0.05) is 0 Å². The molecule has 0 spiro atoms. The highest BCUT2D eigenvalue weighted by atomic mass is 35.5. The minimum absolute atomic E-state index is 0. The fourth-order valence-corrected chi connectivity index (χ4v) is 3.47. The number of nitrogens with zero attached hydrogens (tertiary/aromatic N) is 4. The lowest BCUT2D eigenvalue weighted by Crippen LogP contribution is -2.26. The van der Waals surface area contributed by atoms with E-state index < -0.39 is 18.5 Å². The van der Waals surface area contributed by atoms with Crippen LogP contribution in [0.15, 0.2) is 53.5 Å². The summed E-state index contributed by atoms with van der Waals surface area (Å²) in [6, 6.07) is 6.62. The fraction of sp³-hybridized carbons (Fsp3) is 0.278. The molecule has 0 aliphatic carbocycles. The van der Waals surface area contributed by atoms with Gasteiger partial charge in [-0.25, -0.2) is 18.9 Å². The number of pyridine rings is 1. The highest BCUT2D eigenvalue weighted by Gasteiger charge is 2.28. The molecule has 0 bridgehead atoms. The van der Waals surface area contributed by atoms with Crippen LogP contribution in [0.5, 0.6) is 5.88 Å². The number of alkyl halides is 3. The average Bonchev–Trinajstić information content (AvgIpc) is 3.32. The quantitative estimate of drug-likeness (QED) is 0.500. The van der Waals surface area contributed by atoms with E-state index in [4.69, 9.17) is 5.73 Å². The summed E-state index contributed by atoms with van der Waals surface area (Å²) in [6.45, 7) is -1.18. The Kier molecular flexibility index (Phi) is 8.36. The van der Waals surface area contributed by atoms with Gasteiger partial charge in [0.1, 0.15) is 6.33 Å². The molecule has 3 heterocycles. The summed E-state index contributed by atoms with van der Waals surface area (Å²) >= 11 is 1.40. The molecule has 0 saturated carbocycles. The molecule has 0 aliphatic rings. The summed E-state index contributed by atoms with van der Waals surface area (Å²) in [5.74, 6) is -0.119. The van der Waals surface area contributed by atoms with Crippen LogP contribution >= 0.6 is 23.7 Å². The molecule has 3 rings (SSSR count).